The standard InChI is InChI=1S/C20H15BrF3N5O4/c1-32-29-18(30)17-25-8-7-16(28-17)33-13-4-2-3-11(9-13)26-19(31)27-12-5-6-15(21)14(10-12)20(22,23)24/h2-10H,1H3,(H,29,30)(H2,26,27,31). The molecule has 3 aromatic rings. The number of anilines is 2. The Balaban J connectivity index is 1.68. The highest BCUT2D eigenvalue weighted by atomic mass is 79.9. The van der Waals surface area contributed by atoms with Crippen LogP contribution in [0.4, 0.5) is 29.3 Å². The third-order valence-electron chi connectivity index (χ3n) is 3.87. The predicted octanol–water partition coefficient (Wildman–Crippen LogP) is 4.99. The zero-order valence-electron chi connectivity index (χ0n) is 16.7. The Morgan fingerprint density at radius 1 is 1.03 bits per heavy atom. The van der Waals surface area contributed by atoms with Crippen LogP contribution in [0.15, 0.2) is 59.2 Å². The molecule has 1 heterocycles. The molecule has 0 bridgehead atoms. The molecule has 9 nitrogen and oxygen atoms in total. The van der Waals surface area contributed by atoms with Crippen LogP contribution in [0, 0.1) is 0 Å². The first-order chi connectivity index (χ1) is 15.7. The van der Waals surface area contributed by atoms with E-state index in [0.29, 0.717) is 5.69 Å². The van der Waals surface area contributed by atoms with E-state index in [1.165, 1.54) is 37.6 Å². The molecule has 3 rings (SSSR count). The van der Waals surface area contributed by atoms with Crippen LogP contribution in [-0.4, -0.2) is 29.0 Å². The number of benzene rings is 2. The van der Waals surface area contributed by atoms with Gasteiger partial charge >= 0.3 is 18.1 Å². The minimum absolute atomic E-state index is 0.0433. The van der Waals surface area contributed by atoms with E-state index in [4.69, 9.17) is 4.74 Å². The van der Waals surface area contributed by atoms with Crippen molar-refractivity contribution in [2.45, 2.75) is 6.18 Å². The fourth-order valence-electron chi connectivity index (χ4n) is 2.52. The van der Waals surface area contributed by atoms with Gasteiger partial charge in [0.2, 0.25) is 11.7 Å². The molecule has 1 aromatic heterocycles. The van der Waals surface area contributed by atoms with Gasteiger partial charge in [-0.15, -0.1) is 0 Å². The van der Waals surface area contributed by atoms with Gasteiger partial charge in [-0.1, -0.05) is 22.0 Å². The number of nitrogens with one attached hydrogen (secondary N) is 3. The van der Waals surface area contributed by atoms with Gasteiger partial charge in [0.25, 0.3) is 0 Å². The average molecular weight is 526 g/mol. The smallest absolute Gasteiger partial charge is 0.417 e. The normalized spacial score (nSPS) is 10.9. The van der Waals surface area contributed by atoms with Gasteiger partial charge in [-0.25, -0.2) is 15.3 Å². The summed E-state index contributed by atoms with van der Waals surface area (Å²) in [7, 11) is 1.26. The average Bonchev–Trinajstić information content (AvgIpc) is 2.75. The molecular formula is C20H15BrF3N5O4. The quantitative estimate of drug-likeness (QED) is 0.391. The number of urea groups is 1. The van der Waals surface area contributed by atoms with Gasteiger partial charge in [-0.2, -0.15) is 18.2 Å². The topological polar surface area (TPSA) is 114 Å². The lowest BCUT2D eigenvalue weighted by atomic mass is 10.2. The molecule has 3 amide bonds. The molecule has 33 heavy (non-hydrogen) atoms. The molecule has 0 spiro atoms. The van der Waals surface area contributed by atoms with Gasteiger partial charge < -0.3 is 15.4 Å². The van der Waals surface area contributed by atoms with E-state index < -0.39 is 23.7 Å². The Morgan fingerprint density at radius 2 is 1.76 bits per heavy atom. The Labute approximate surface area is 193 Å². The van der Waals surface area contributed by atoms with E-state index in [1.54, 1.807) is 18.2 Å². The van der Waals surface area contributed by atoms with Crippen molar-refractivity contribution in [2.75, 3.05) is 17.7 Å². The summed E-state index contributed by atoms with van der Waals surface area (Å²) < 4.78 is 44.5. The second kappa shape index (κ2) is 10.3. The number of halogens is 4. The predicted molar refractivity (Wildman–Crippen MR) is 115 cm³/mol. The second-order valence-corrected chi connectivity index (χ2v) is 7.11. The van der Waals surface area contributed by atoms with Gasteiger partial charge in [0.15, 0.2) is 0 Å². The number of hydrogen-bond acceptors (Lipinski definition) is 6. The van der Waals surface area contributed by atoms with Gasteiger partial charge in [0.05, 0.1) is 12.7 Å². The summed E-state index contributed by atoms with van der Waals surface area (Å²) in [6, 6.07) is 10.1. The van der Waals surface area contributed by atoms with E-state index in [9.17, 15) is 22.8 Å². The van der Waals surface area contributed by atoms with Crippen LogP contribution in [0.5, 0.6) is 11.6 Å². The van der Waals surface area contributed by atoms with Crippen LogP contribution in [0.3, 0.4) is 0 Å². The second-order valence-electron chi connectivity index (χ2n) is 6.26. The van der Waals surface area contributed by atoms with E-state index in [1.807, 2.05) is 0 Å². The molecule has 0 radical (unpaired) electrons. The van der Waals surface area contributed by atoms with E-state index in [0.717, 1.165) is 6.07 Å². The van der Waals surface area contributed by atoms with Crippen molar-refractivity contribution in [2.24, 2.45) is 0 Å². The van der Waals surface area contributed by atoms with Gasteiger partial charge in [-0.05, 0) is 30.3 Å². The van der Waals surface area contributed by atoms with Crippen molar-refractivity contribution < 1.29 is 32.3 Å². The van der Waals surface area contributed by atoms with E-state index in [2.05, 4.69) is 46.8 Å². The summed E-state index contributed by atoms with van der Waals surface area (Å²) >= 11 is 2.84. The molecule has 172 valence electrons. The number of carbonyl (C=O) groups is 2. The Bertz CT molecular complexity index is 1180. The van der Waals surface area contributed by atoms with Crippen molar-refractivity contribution in [3.8, 4) is 11.6 Å². The van der Waals surface area contributed by atoms with Crippen molar-refractivity contribution in [3.05, 3.63) is 70.6 Å². The first kappa shape index (κ1) is 23.9. The molecule has 0 saturated carbocycles. The van der Waals surface area contributed by atoms with Crippen LogP contribution >= 0.6 is 15.9 Å². The number of hydroxylamine groups is 1. The maximum absolute atomic E-state index is 13.0. The molecule has 0 aliphatic heterocycles. The highest BCUT2D eigenvalue weighted by Gasteiger charge is 2.33. The molecule has 2 aromatic carbocycles. The van der Waals surface area contributed by atoms with Crippen molar-refractivity contribution in [1.29, 1.82) is 0 Å². The number of carbonyl (C=O) groups excluding carboxylic acids is 2. The number of ether oxygens (including phenoxy) is 1. The summed E-state index contributed by atoms with van der Waals surface area (Å²) in [5, 5.41) is 4.84. The molecule has 0 aliphatic rings. The molecule has 3 N–H and O–H groups in total. The summed E-state index contributed by atoms with van der Waals surface area (Å²) in [4.78, 5) is 36.2. The number of alkyl halides is 3. The van der Waals surface area contributed by atoms with Crippen LogP contribution in [0.2, 0.25) is 0 Å². The first-order valence-electron chi connectivity index (χ1n) is 9.05. The molecule has 0 atom stereocenters. The third-order valence-corrected chi connectivity index (χ3v) is 4.56. The maximum atomic E-state index is 13.0. The molecule has 0 saturated heterocycles. The number of nitrogens with zero attached hydrogens (tertiary/aromatic N) is 2. The Kier molecular flexibility index (Phi) is 7.45. The Hall–Kier alpha value is -3.71. The molecule has 0 aliphatic carbocycles. The zero-order chi connectivity index (χ0) is 24.0. The Morgan fingerprint density at radius 3 is 2.45 bits per heavy atom. The SMILES string of the molecule is CONC(=O)c1nccc(Oc2cccc(NC(=O)Nc3ccc(Br)c(C(F)(F)F)c3)c2)n1. The monoisotopic (exact) mass is 525 g/mol. The van der Waals surface area contributed by atoms with Crippen LogP contribution in [0.1, 0.15) is 16.2 Å². The van der Waals surface area contributed by atoms with Crippen LogP contribution in [0.25, 0.3) is 0 Å². The van der Waals surface area contributed by atoms with Gasteiger partial charge in [0.1, 0.15) is 5.75 Å². The number of hydrogen-bond donors (Lipinski definition) is 3. The van der Waals surface area contributed by atoms with Crippen molar-refractivity contribution in [3.63, 3.8) is 0 Å². The molecular weight excluding hydrogens is 511 g/mol. The summed E-state index contributed by atoms with van der Waals surface area (Å²) in [5.74, 6) is -0.526. The number of amides is 3. The van der Waals surface area contributed by atoms with Gasteiger partial charge in [0, 0.05) is 34.2 Å². The number of aromatic nitrogens is 2. The highest BCUT2D eigenvalue weighted by Crippen LogP contribution is 2.36. The fourth-order valence-corrected chi connectivity index (χ4v) is 2.99. The maximum Gasteiger partial charge on any atom is 0.417 e. The lowest BCUT2D eigenvalue weighted by Gasteiger charge is -2.13. The first-order valence-corrected chi connectivity index (χ1v) is 9.84. The fraction of sp³-hybridized carbons (Fsp3) is 0.100. The van der Waals surface area contributed by atoms with Gasteiger partial charge in [-0.3, -0.25) is 9.63 Å². The number of rotatable bonds is 6. The van der Waals surface area contributed by atoms with E-state index >= 15 is 0 Å². The third kappa shape index (κ3) is 6.63. The molecule has 0 fully saturated rings. The minimum atomic E-state index is -4.58. The lowest BCUT2D eigenvalue weighted by Crippen LogP contribution is -2.24. The van der Waals surface area contributed by atoms with Crippen LogP contribution < -0.4 is 20.9 Å². The zero-order valence-corrected chi connectivity index (χ0v) is 18.3. The van der Waals surface area contributed by atoms with Crippen molar-refractivity contribution >= 4 is 39.2 Å². The van der Waals surface area contributed by atoms with Crippen LogP contribution in [-0.2, 0) is 11.0 Å². The summed E-state index contributed by atoms with van der Waals surface area (Å²) in [5.41, 5.74) is 1.41. The molecule has 0 unspecified atom stereocenters. The summed E-state index contributed by atoms with van der Waals surface area (Å²) in [6.07, 6.45) is -3.26. The minimum Gasteiger partial charge on any atom is -0.439 e. The lowest BCUT2D eigenvalue weighted by molar-refractivity contribution is -0.138. The largest absolute Gasteiger partial charge is 0.439 e. The highest BCUT2D eigenvalue weighted by molar-refractivity contribution is 9.10. The molecule has 13 heteroatoms. The van der Waals surface area contributed by atoms with Crippen molar-refractivity contribution in [1.82, 2.24) is 15.4 Å². The van der Waals surface area contributed by atoms with E-state index in [-0.39, 0.29) is 27.6 Å². The summed E-state index contributed by atoms with van der Waals surface area (Å²) in [6.45, 7) is 0.